The minimum Gasteiger partial charge on any atom is -0.480 e. The first-order chi connectivity index (χ1) is 20.8. The largest absolute Gasteiger partial charge is 0.480 e. The Morgan fingerprint density at radius 1 is 1.05 bits per heavy atom. The van der Waals surface area contributed by atoms with Crippen LogP contribution in [-0.4, -0.2) is 69.4 Å². The van der Waals surface area contributed by atoms with Gasteiger partial charge in [0.2, 0.25) is 0 Å². The van der Waals surface area contributed by atoms with Gasteiger partial charge in [0.05, 0.1) is 27.3 Å². The van der Waals surface area contributed by atoms with E-state index in [2.05, 4.69) is 16.0 Å². The highest BCUT2D eigenvalue weighted by Gasteiger charge is 2.25. The maximum Gasteiger partial charge on any atom is 0.317 e. The van der Waals surface area contributed by atoms with Crippen molar-refractivity contribution in [3.8, 4) is 22.1 Å². The van der Waals surface area contributed by atoms with Gasteiger partial charge < -0.3 is 9.84 Å². The van der Waals surface area contributed by atoms with Gasteiger partial charge >= 0.3 is 5.97 Å². The summed E-state index contributed by atoms with van der Waals surface area (Å²) in [6.07, 6.45) is 8.52. The van der Waals surface area contributed by atoms with E-state index in [1.807, 2.05) is 30.3 Å². The molecule has 8 nitrogen and oxygen atoms in total. The van der Waals surface area contributed by atoms with Crippen LogP contribution in [0.3, 0.4) is 0 Å². The van der Waals surface area contributed by atoms with Gasteiger partial charge in [-0.2, -0.15) is 0 Å². The zero-order chi connectivity index (χ0) is 29.9. The van der Waals surface area contributed by atoms with E-state index >= 15 is 0 Å². The predicted molar refractivity (Wildman–Crippen MR) is 164 cm³/mol. The number of piperidine rings is 1. The lowest BCUT2D eigenvalue weighted by Crippen LogP contribution is -2.44. The zero-order valence-electron chi connectivity index (χ0n) is 24.2. The number of carbonyl (C=O) groups is 2. The molecule has 3 aromatic heterocycles. The average Bonchev–Trinajstić information content (AvgIpc) is 3.68. The number of thiophene rings is 1. The number of rotatable bonds is 12. The van der Waals surface area contributed by atoms with E-state index in [1.165, 1.54) is 17.4 Å². The first-order valence-corrected chi connectivity index (χ1v) is 15.6. The van der Waals surface area contributed by atoms with Crippen LogP contribution in [-0.2, 0) is 22.6 Å². The van der Waals surface area contributed by atoms with E-state index in [9.17, 15) is 14.0 Å². The molecule has 6 rings (SSSR count). The lowest BCUT2D eigenvalue weighted by molar-refractivity contribution is -0.138. The summed E-state index contributed by atoms with van der Waals surface area (Å²) in [6, 6.07) is 12.8. The van der Waals surface area contributed by atoms with Crippen LogP contribution in [0.25, 0.3) is 20.8 Å². The number of Topliss-reactive ketones (excluding diaryl/α,β-unsaturated/α-hetero) is 1. The second kappa shape index (κ2) is 12.9. The summed E-state index contributed by atoms with van der Waals surface area (Å²) >= 11 is 1.50. The summed E-state index contributed by atoms with van der Waals surface area (Å²) < 4.78 is 21.8. The van der Waals surface area contributed by atoms with Crippen LogP contribution in [0.1, 0.15) is 43.2 Å². The number of carboxylic acid groups (broad SMARTS) is 1. The minimum absolute atomic E-state index is 0.0738. The summed E-state index contributed by atoms with van der Waals surface area (Å²) in [4.78, 5) is 37.7. The summed E-state index contributed by atoms with van der Waals surface area (Å²) in [6.45, 7) is 2.71. The fourth-order valence-corrected chi connectivity index (χ4v) is 6.75. The third-order valence-corrected chi connectivity index (χ3v) is 9.42. The Labute approximate surface area is 254 Å². The van der Waals surface area contributed by atoms with Gasteiger partial charge in [0.15, 0.2) is 11.6 Å². The van der Waals surface area contributed by atoms with Gasteiger partial charge in [0, 0.05) is 43.9 Å². The molecule has 1 aliphatic carbocycles. The number of benzene rings is 1. The highest BCUT2D eigenvalue weighted by molar-refractivity contribution is 7.22. The third-order valence-electron chi connectivity index (χ3n) is 8.26. The maximum absolute atomic E-state index is 15.0. The van der Waals surface area contributed by atoms with Gasteiger partial charge in [-0.15, -0.1) is 11.3 Å². The molecule has 1 aromatic carbocycles. The quantitative estimate of drug-likeness (QED) is 0.205. The second-order valence-electron chi connectivity index (χ2n) is 11.7. The van der Waals surface area contributed by atoms with Crippen LogP contribution in [0, 0.1) is 11.7 Å². The Bertz CT molecular complexity index is 1610. The van der Waals surface area contributed by atoms with E-state index in [0.29, 0.717) is 29.7 Å². The Morgan fingerprint density at radius 3 is 2.53 bits per heavy atom. The van der Waals surface area contributed by atoms with E-state index in [0.717, 1.165) is 71.7 Å². The lowest BCUT2D eigenvalue weighted by Gasteiger charge is -2.36. The molecule has 1 saturated carbocycles. The van der Waals surface area contributed by atoms with Crippen molar-refractivity contribution in [3.05, 3.63) is 71.8 Å². The second-order valence-corrected chi connectivity index (χ2v) is 12.8. The van der Waals surface area contributed by atoms with Crippen molar-refractivity contribution in [3.63, 3.8) is 0 Å². The van der Waals surface area contributed by atoms with Crippen LogP contribution in [0.2, 0.25) is 0 Å². The highest BCUT2D eigenvalue weighted by Crippen LogP contribution is 2.39. The molecule has 1 N–H and O–H groups in total. The molecule has 4 aromatic rings. The molecule has 0 unspecified atom stereocenters. The molecule has 1 aliphatic heterocycles. The first-order valence-electron chi connectivity index (χ1n) is 14.8. The van der Waals surface area contributed by atoms with Crippen LogP contribution >= 0.6 is 11.3 Å². The summed E-state index contributed by atoms with van der Waals surface area (Å²) in [7, 11) is 1.88. The number of carboxylic acids is 1. The number of likely N-dealkylation sites (tertiary alicyclic amines) is 1. The minimum atomic E-state index is -0.790. The molecule has 0 amide bonds. The van der Waals surface area contributed by atoms with E-state index in [-0.39, 0.29) is 24.5 Å². The maximum atomic E-state index is 15.0. The molecule has 0 radical (unpaired) electrons. The molecule has 43 heavy (non-hydrogen) atoms. The number of ether oxygens (including phenoxy) is 1. The van der Waals surface area contributed by atoms with Crippen LogP contribution in [0.15, 0.2) is 54.9 Å². The summed E-state index contributed by atoms with van der Waals surface area (Å²) in [5.74, 6) is 0.0244. The Balaban J connectivity index is 1.09. The molecule has 4 heterocycles. The van der Waals surface area contributed by atoms with Gasteiger partial charge in [-0.1, -0.05) is 12.1 Å². The van der Waals surface area contributed by atoms with Crippen molar-refractivity contribution in [2.45, 2.75) is 51.1 Å². The van der Waals surface area contributed by atoms with E-state index < -0.39 is 11.8 Å². The number of hydrogen-bond acceptors (Lipinski definition) is 8. The Morgan fingerprint density at radius 2 is 1.84 bits per heavy atom. The smallest absolute Gasteiger partial charge is 0.317 e. The van der Waals surface area contributed by atoms with Gasteiger partial charge in [-0.05, 0) is 87.1 Å². The first kappa shape index (κ1) is 29.3. The number of aliphatic carboxylic acids is 1. The number of carbonyl (C=O) groups excluding carboxylic acids is 1. The SMILES string of the molecule is CN(CC(=O)O)C1CCN(Cc2ccc(-c3cc4nccc(Oc5ccc(CC(=O)CC6CC6)cc5F)c4s3)nc2)CC1. The average molecular weight is 603 g/mol. The van der Waals surface area contributed by atoms with Gasteiger partial charge in [-0.3, -0.25) is 29.4 Å². The van der Waals surface area contributed by atoms with Gasteiger partial charge in [0.25, 0.3) is 0 Å². The fourth-order valence-electron chi connectivity index (χ4n) is 5.70. The van der Waals surface area contributed by atoms with Crippen molar-refractivity contribution in [2.75, 3.05) is 26.7 Å². The summed E-state index contributed by atoms with van der Waals surface area (Å²) in [5.41, 5.74) is 3.37. The topological polar surface area (TPSA) is 95.9 Å². The molecule has 2 aliphatic rings. The van der Waals surface area contributed by atoms with Crippen molar-refractivity contribution >= 4 is 33.3 Å². The van der Waals surface area contributed by atoms with Gasteiger partial charge in [0.1, 0.15) is 11.5 Å². The number of likely N-dealkylation sites (N-methyl/N-ethyl adjacent to an activating group) is 1. The molecule has 2 fully saturated rings. The zero-order valence-corrected chi connectivity index (χ0v) is 25.0. The summed E-state index contributed by atoms with van der Waals surface area (Å²) in [5, 5.41) is 9.05. The number of hydrogen-bond donors (Lipinski definition) is 1. The fraction of sp³-hybridized carbons (Fsp3) is 0.394. The van der Waals surface area contributed by atoms with Crippen LogP contribution < -0.4 is 4.74 Å². The molecule has 1 saturated heterocycles. The van der Waals surface area contributed by atoms with Crippen molar-refractivity contribution in [1.82, 2.24) is 19.8 Å². The monoisotopic (exact) mass is 602 g/mol. The number of halogens is 1. The number of pyridine rings is 2. The number of nitrogens with zero attached hydrogens (tertiary/aromatic N) is 4. The van der Waals surface area contributed by atoms with Crippen molar-refractivity contribution < 1.29 is 23.8 Å². The van der Waals surface area contributed by atoms with Crippen molar-refractivity contribution in [1.29, 1.82) is 0 Å². The number of ketones is 1. The molecule has 224 valence electrons. The predicted octanol–water partition coefficient (Wildman–Crippen LogP) is 6.18. The normalized spacial score (nSPS) is 16.2. The molecular formula is C33H35FN4O4S. The van der Waals surface area contributed by atoms with Crippen molar-refractivity contribution in [2.24, 2.45) is 5.92 Å². The Hall–Kier alpha value is -3.73. The molecular weight excluding hydrogens is 567 g/mol. The molecule has 10 heteroatoms. The molecule has 0 atom stereocenters. The lowest BCUT2D eigenvalue weighted by atomic mass is 10.0. The molecule has 0 spiro atoms. The van der Waals surface area contributed by atoms with E-state index in [4.69, 9.17) is 14.8 Å². The van der Waals surface area contributed by atoms with Crippen LogP contribution in [0.5, 0.6) is 11.5 Å². The van der Waals surface area contributed by atoms with E-state index in [1.54, 1.807) is 24.4 Å². The standard InChI is InChI=1S/C33H35FN4O4S/c1-37(20-32(40)41)24-9-12-38(13-10-24)19-23-4-6-27(36-18-23)31-17-28-33(43-31)30(8-11-35-28)42-29-7-5-22(16-26(29)34)15-25(39)14-21-2-3-21/h4-8,11,16-18,21,24H,2-3,9-10,12-15,19-20H2,1H3,(H,40,41). The molecule has 0 bridgehead atoms. The third kappa shape index (κ3) is 7.44. The Kier molecular flexibility index (Phi) is 8.78. The number of aromatic nitrogens is 2. The highest BCUT2D eigenvalue weighted by atomic mass is 32.1. The van der Waals surface area contributed by atoms with Crippen LogP contribution in [0.4, 0.5) is 4.39 Å². The number of fused-ring (bicyclic) bond motifs is 1. The van der Waals surface area contributed by atoms with Gasteiger partial charge in [-0.25, -0.2) is 4.39 Å².